The zero-order valence-corrected chi connectivity index (χ0v) is 10.3. The smallest absolute Gasteiger partial charge is 0.0991 e. The van der Waals surface area contributed by atoms with E-state index in [0.717, 1.165) is 31.7 Å². The number of hydrogen-bond donors (Lipinski definition) is 1. The van der Waals surface area contributed by atoms with E-state index in [4.69, 9.17) is 10.5 Å². The van der Waals surface area contributed by atoms with E-state index in [1.54, 1.807) is 6.07 Å². The number of hydrogen-bond acceptors (Lipinski definition) is 4. The molecule has 4 nitrogen and oxygen atoms in total. The highest BCUT2D eigenvalue weighted by molar-refractivity contribution is 5.34. The van der Waals surface area contributed by atoms with Gasteiger partial charge in [-0.3, -0.25) is 4.90 Å². The second kappa shape index (κ2) is 6.16. The zero-order chi connectivity index (χ0) is 12.8. The second-order valence-corrected chi connectivity index (χ2v) is 4.40. The summed E-state index contributed by atoms with van der Waals surface area (Å²) in [4.78, 5) is 2.32. The molecule has 1 N–H and O–H groups in total. The minimum atomic E-state index is 0.102. The number of nitrogens with zero attached hydrogens (tertiary/aromatic N) is 3. The molecule has 92 valence electrons. The van der Waals surface area contributed by atoms with Crippen molar-refractivity contribution in [3.8, 4) is 12.1 Å². The molecule has 1 heterocycles. The molecule has 1 atom stereocenters. The summed E-state index contributed by atoms with van der Waals surface area (Å²) in [5.41, 5.74) is 1.73. The first-order chi connectivity index (χ1) is 8.85. The van der Waals surface area contributed by atoms with Crippen molar-refractivity contribution in [2.45, 2.75) is 12.5 Å². The first-order valence-electron chi connectivity index (χ1n) is 6.17. The molecule has 1 fully saturated rings. The molecule has 0 aliphatic carbocycles. The van der Waals surface area contributed by atoms with E-state index >= 15 is 0 Å². The average Bonchev–Trinajstić information content (AvgIpc) is 2.46. The maximum Gasteiger partial charge on any atom is 0.0991 e. The Morgan fingerprint density at radius 3 is 2.72 bits per heavy atom. The molecule has 2 rings (SSSR count). The monoisotopic (exact) mass is 240 g/mol. The van der Waals surface area contributed by atoms with Crippen LogP contribution in [0.5, 0.6) is 0 Å². The van der Waals surface area contributed by atoms with Crippen LogP contribution < -0.4 is 5.32 Å². The molecule has 1 aromatic rings. The molecule has 1 saturated heterocycles. The number of benzene rings is 1. The van der Waals surface area contributed by atoms with Crippen LogP contribution in [0, 0.1) is 22.7 Å². The lowest BCUT2D eigenvalue weighted by molar-refractivity contribution is 0.175. The summed E-state index contributed by atoms with van der Waals surface area (Å²) in [6.07, 6.45) is 0.467. The molecular formula is C14H16N4. The van der Waals surface area contributed by atoms with E-state index in [0.29, 0.717) is 12.0 Å². The quantitative estimate of drug-likeness (QED) is 0.868. The molecule has 0 unspecified atom stereocenters. The Balaban J connectivity index is 2.23. The van der Waals surface area contributed by atoms with Crippen LogP contribution in [0.15, 0.2) is 24.3 Å². The fourth-order valence-electron chi connectivity index (χ4n) is 2.35. The third kappa shape index (κ3) is 2.87. The molecule has 0 saturated carbocycles. The van der Waals surface area contributed by atoms with Gasteiger partial charge in [-0.15, -0.1) is 0 Å². The van der Waals surface area contributed by atoms with E-state index in [-0.39, 0.29) is 6.04 Å². The average molecular weight is 240 g/mol. The summed E-state index contributed by atoms with van der Waals surface area (Å²) in [7, 11) is 0. The fraction of sp³-hybridized carbons (Fsp3) is 0.429. The summed E-state index contributed by atoms with van der Waals surface area (Å²) in [6.45, 7) is 3.81. The predicted octanol–water partition coefficient (Wildman–Crippen LogP) is 1.42. The SMILES string of the molecule is N#CC[C@H](c1cccc(C#N)c1)N1CCNCC1. The largest absolute Gasteiger partial charge is 0.314 e. The van der Waals surface area contributed by atoms with E-state index in [1.165, 1.54) is 0 Å². The number of rotatable bonds is 3. The lowest BCUT2D eigenvalue weighted by Crippen LogP contribution is -2.45. The van der Waals surface area contributed by atoms with Gasteiger partial charge in [-0.25, -0.2) is 0 Å². The molecule has 1 aliphatic rings. The Kier molecular flexibility index (Phi) is 4.30. The lowest BCUT2D eigenvalue weighted by Gasteiger charge is -2.34. The summed E-state index contributed by atoms with van der Waals surface area (Å²) in [6, 6.07) is 12.1. The molecule has 0 bridgehead atoms. The Labute approximate surface area is 107 Å². The molecule has 0 spiro atoms. The fourth-order valence-corrected chi connectivity index (χ4v) is 2.35. The second-order valence-electron chi connectivity index (χ2n) is 4.40. The maximum absolute atomic E-state index is 9.00. The summed E-state index contributed by atoms with van der Waals surface area (Å²) in [5, 5.41) is 21.3. The zero-order valence-electron chi connectivity index (χ0n) is 10.3. The van der Waals surface area contributed by atoms with Crippen molar-refractivity contribution >= 4 is 0 Å². The minimum absolute atomic E-state index is 0.102. The molecule has 0 radical (unpaired) electrons. The van der Waals surface area contributed by atoms with Crippen LogP contribution in [0.3, 0.4) is 0 Å². The van der Waals surface area contributed by atoms with Gasteiger partial charge in [0.1, 0.15) is 0 Å². The highest BCUT2D eigenvalue weighted by Crippen LogP contribution is 2.24. The predicted molar refractivity (Wildman–Crippen MR) is 68.6 cm³/mol. The number of nitrogens with one attached hydrogen (secondary N) is 1. The molecule has 1 aliphatic heterocycles. The third-order valence-corrected chi connectivity index (χ3v) is 3.28. The van der Waals surface area contributed by atoms with Crippen molar-refractivity contribution in [2.75, 3.05) is 26.2 Å². The first-order valence-corrected chi connectivity index (χ1v) is 6.17. The first kappa shape index (κ1) is 12.6. The van der Waals surface area contributed by atoms with Gasteiger partial charge in [0, 0.05) is 32.2 Å². The van der Waals surface area contributed by atoms with Crippen molar-refractivity contribution in [3.05, 3.63) is 35.4 Å². The minimum Gasteiger partial charge on any atom is -0.314 e. The van der Waals surface area contributed by atoms with Gasteiger partial charge in [-0.2, -0.15) is 10.5 Å². The lowest BCUT2D eigenvalue weighted by atomic mass is 10.00. The van der Waals surface area contributed by atoms with Gasteiger partial charge < -0.3 is 5.32 Å². The molecular weight excluding hydrogens is 224 g/mol. The van der Waals surface area contributed by atoms with Crippen molar-refractivity contribution in [3.63, 3.8) is 0 Å². The summed E-state index contributed by atoms with van der Waals surface area (Å²) in [5.74, 6) is 0. The van der Waals surface area contributed by atoms with Gasteiger partial charge in [0.25, 0.3) is 0 Å². The van der Waals surface area contributed by atoms with Crippen molar-refractivity contribution in [2.24, 2.45) is 0 Å². The molecule has 18 heavy (non-hydrogen) atoms. The highest BCUT2D eigenvalue weighted by atomic mass is 15.2. The van der Waals surface area contributed by atoms with Crippen LogP contribution in [-0.4, -0.2) is 31.1 Å². The van der Waals surface area contributed by atoms with Gasteiger partial charge in [0.05, 0.1) is 24.1 Å². The van der Waals surface area contributed by atoms with Crippen molar-refractivity contribution < 1.29 is 0 Å². The van der Waals surface area contributed by atoms with E-state index in [1.807, 2.05) is 18.2 Å². The highest BCUT2D eigenvalue weighted by Gasteiger charge is 2.21. The molecule has 0 aromatic heterocycles. The number of nitriles is 2. The van der Waals surface area contributed by atoms with Crippen LogP contribution in [0.4, 0.5) is 0 Å². The van der Waals surface area contributed by atoms with Crippen LogP contribution in [0.2, 0.25) is 0 Å². The third-order valence-electron chi connectivity index (χ3n) is 3.28. The van der Waals surface area contributed by atoms with Crippen molar-refractivity contribution in [1.29, 1.82) is 10.5 Å². The summed E-state index contributed by atoms with van der Waals surface area (Å²) < 4.78 is 0. The van der Waals surface area contributed by atoms with Crippen LogP contribution in [0.1, 0.15) is 23.6 Å². The Morgan fingerprint density at radius 1 is 1.28 bits per heavy atom. The van der Waals surface area contributed by atoms with E-state index in [9.17, 15) is 0 Å². The summed E-state index contributed by atoms with van der Waals surface area (Å²) >= 11 is 0. The topological polar surface area (TPSA) is 62.9 Å². The number of piperazine rings is 1. The van der Waals surface area contributed by atoms with E-state index in [2.05, 4.69) is 22.4 Å². The van der Waals surface area contributed by atoms with Gasteiger partial charge in [-0.05, 0) is 17.7 Å². The van der Waals surface area contributed by atoms with Crippen LogP contribution >= 0.6 is 0 Å². The van der Waals surface area contributed by atoms with Gasteiger partial charge in [0.15, 0.2) is 0 Å². The standard InChI is InChI=1S/C14H16N4/c15-5-4-14(18-8-6-17-7-9-18)13-3-1-2-12(10-13)11-16/h1-3,10,14,17H,4,6-9H2/t14-/m1/s1. The Bertz CT molecular complexity index is 477. The Hall–Kier alpha value is -1.88. The molecule has 0 amide bonds. The molecule has 4 heteroatoms. The normalized spacial score (nSPS) is 17.7. The molecule has 1 aromatic carbocycles. The Morgan fingerprint density at radius 2 is 2.06 bits per heavy atom. The van der Waals surface area contributed by atoms with Crippen LogP contribution in [0.25, 0.3) is 0 Å². The van der Waals surface area contributed by atoms with Crippen molar-refractivity contribution in [1.82, 2.24) is 10.2 Å². The van der Waals surface area contributed by atoms with Gasteiger partial charge >= 0.3 is 0 Å². The van der Waals surface area contributed by atoms with Gasteiger partial charge in [0.2, 0.25) is 0 Å². The maximum atomic E-state index is 9.00. The van der Waals surface area contributed by atoms with E-state index < -0.39 is 0 Å². The van der Waals surface area contributed by atoms with Crippen LogP contribution in [-0.2, 0) is 0 Å². The van der Waals surface area contributed by atoms with Gasteiger partial charge in [-0.1, -0.05) is 12.1 Å².